The molecule has 0 aromatic heterocycles. The lowest BCUT2D eigenvalue weighted by Crippen LogP contribution is -2.34. The Kier molecular flexibility index (Phi) is 6.84. The number of hydrogen-bond donors (Lipinski definition) is 2. The van der Waals surface area contributed by atoms with Crippen LogP contribution in [0.5, 0.6) is 5.75 Å². The van der Waals surface area contributed by atoms with Crippen LogP contribution in [0.1, 0.15) is 29.8 Å². The number of non-ortho nitro benzene ring substituents is 1. The highest BCUT2D eigenvalue weighted by Gasteiger charge is 2.11. The molecule has 27 heavy (non-hydrogen) atoms. The van der Waals surface area contributed by atoms with Crippen LogP contribution in [0.25, 0.3) is 0 Å². The van der Waals surface area contributed by atoms with Gasteiger partial charge < -0.3 is 10.1 Å². The average molecular weight is 387 g/mol. The van der Waals surface area contributed by atoms with E-state index in [1.165, 1.54) is 12.1 Å². The summed E-state index contributed by atoms with van der Waals surface area (Å²) in [6.45, 7) is 6.44. The van der Waals surface area contributed by atoms with Crippen LogP contribution in [0.2, 0.25) is 0 Å². The lowest BCUT2D eigenvalue weighted by Gasteiger charge is -2.12. The van der Waals surface area contributed by atoms with E-state index in [1.54, 1.807) is 37.3 Å². The number of anilines is 1. The maximum Gasteiger partial charge on any atom is 0.269 e. The SMILES string of the molecule is Cc1cc([N+](=O)[O-])ccc1NC(=S)NC(=O)c1ccc(OCC(C)C)cc1. The van der Waals surface area contributed by atoms with Gasteiger partial charge >= 0.3 is 0 Å². The van der Waals surface area contributed by atoms with Crippen LogP contribution >= 0.6 is 12.2 Å². The van der Waals surface area contributed by atoms with E-state index in [0.717, 1.165) is 0 Å². The smallest absolute Gasteiger partial charge is 0.269 e. The molecule has 0 unspecified atom stereocenters. The monoisotopic (exact) mass is 387 g/mol. The highest BCUT2D eigenvalue weighted by Crippen LogP contribution is 2.21. The van der Waals surface area contributed by atoms with E-state index in [1.807, 2.05) is 0 Å². The van der Waals surface area contributed by atoms with Crippen LogP contribution in [-0.4, -0.2) is 22.5 Å². The Balaban J connectivity index is 1.95. The topological polar surface area (TPSA) is 93.5 Å². The van der Waals surface area contributed by atoms with Gasteiger partial charge in [0.1, 0.15) is 5.75 Å². The molecule has 0 radical (unpaired) electrons. The fourth-order valence-electron chi connectivity index (χ4n) is 2.20. The van der Waals surface area contributed by atoms with Crippen molar-refractivity contribution in [2.75, 3.05) is 11.9 Å². The molecule has 0 aliphatic heterocycles. The van der Waals surface area contributed by atoms with E-state index in [9.17, 15) is 14.9 Å². The van der Waals surface area contributed by atoms with Crippen molar-refractivity contribution in [3.05, 3.63) is 63.7 Å². The van der Waals surface area contributed by atoms with Gasteiger partial charge in [0, 0.05) is 23.4 Å². The molecule has 7 nitrogen and oxygen atoms in total. The summed E-state index contributed by atoms with van der Waals surface area (Å²) in [6.07, 6.45) is 0. The number of nitrogens with zero attached hydrogens (tertiary/aromatic N) is 1. The number of thiocarbonyl (C=S) groups is 1. The van der Waals surface area contributed by atoms with Gasteiger partial charge in [-0.1, -0.05) is 13.8 Å². The number of benzene rings is 2. The summed E-state index contributed by atoms with van der Waals surface area (Å²) in [6, 6.07) is 11.1. The molecule has 2 aromatic rings. The Labute approximate surface area is 162 Å². The van der Waals surface area contributed by atoms with Gasteiger partial charge in [-0.05, 0) is 61.0 Å². The largest absolute Gasteiger partial charge is 0.493 e. The van der Waals surface area contributed by atoms with E-state index in [0.29, 0.717) is 35.1 Å². The number of hydrogen-bond acceptors (Lipinski definition) is 5. The Morgan fingerprint density at radius 3 is 2.44 bits per heavy atom. The van der Waals surface area contributed by atoms with Gasteiger partial charge in [-0.15, -0.1) is 0 Å². The van der Waals surface area contributed by atoms with Crippen LogP contribution < -0.4 is 15.4 Å². The lowest BCUT2D eigenvalue weighted by atomic mass is 10.2. The van der Waals surface area contributed by atoms with Crippen molar-refractivity contribution in [1.82, 2.24) is 5.32 Å². The quantitative estimate of drug-likeness (QED) is 0.441. The molecule has 0 fully saturated rings. The van der Waals surface area contributed by atoms with Crippen molar-refractivity contribution in [1.29, 1.82) is 0 Å². The number of aryl methyl sites for hydroxylation is 1. The van der Waals surface area contributed by atoms with Crippen molar-refractivity contribution in [3.8, 4) is 5.75 Å². The summed E-state index contributed by atoms with van der Waals surface area (Å²) in [4.78, 5) is 22.6. The minimum atomic E-state index is -0.467. The van der Waals surface area contributed by atoms with Crippen molar-refractivity contribution in [3.63, 3.8) is 0 Å². The second-order valence-electron chi connectivity index (χ2n) is 6.39. The summed E-state index contributed by atoms with van der Waals surface area (Å²) in [5, 5.41) is 16.3. The first-order valence-corrected chi connectivity index (χ1v) is 8.77. The van der Waals surface area contributed by atoms with Crippen molar-refractivity contribution in [2.24, 2.45) is 5.92 Å². The first-order valence-electron chi connectivity index (χ1n) is 8.36. The van der Waals surface area contributed by atoms with Crippen molar-refractivity contribution >= 4 is 34.6 Å². The standard InChI is InChI=1S/C19H21N3O4S/c1-12(2)11-26-16-7-4-14(5-8-16)18(23)21-19(27)20-17-9-6-15(22(24)25)10-13(17)3/h4-10,12H,11H2,1-3H3,(H2,20,21,23,27). The van der Waals surface area contributed by atoms with E-state index >= 15 is 0 Å². The van der Waals surface area contributed by atoms with Crippen molar-refractivity contribution in [2.45, 2.75) is 20.8 Å². The van der Waals surface area contributed by atoms with Gasteiger partial charge in [0.2, 0.25) is 0 Å². The van der Waals surface area contributed by atoms with Crippen molar-refractivity contribution < 1.29 is 14.5 Å². The number of nitrogens with one attached hydrogen (secondary N) is 2. The summed E-state index contributed by atoms with van der Waals surface area (Å²) in [5.41, 5.74) is 1.67. The molecule has 2 rings (SSSR count). The number of nitro groups is 1. The predicted octanol–water partition coefficient (Wildman–Crippen LogP) is 4.06. The van der Waals surface area contributed by atoms with Gasteiger partial charge in [-0.25, -0.2) is 0 Å². The average Bonchev–Trinajstić information content (AvgIpc) is 2.61. The Morgan fingerprint density at radius 1 is 1.22 bits per heavy atom. The van der Waals surface area contributed by atoms with E-state index in [2.05, 4.69) is 24.5 Å². The van der Waals surface area contributed by atoms with Crippen LogP contribution in [0.15, 0.2) is 42.5 Å². The molecule has 0 aliphatic carbocycles. The first kappa shape index (κ1) is 20.3. The van der Waals surface area contributed by atoms with Gasteiger partial charge in [-0.2, -0.15) is 0 Å². The first-order chi connectivity index (χ1) is 12.8. The summed E-state index contributed by atoms with van der Waals surface area (Å²) in [7, 11) is 0. The predicted molar refractivity (Wildman–Crippen MR) is 108 cm³/mol. The van der Waals surface area contributed by atoms with Gasteiger partial charge in [0.15, 0.2) is 5.11 Å². The molecule has 0 spiro atoms. The van der Waals surface area contributed by atoms with E-state index < -0.39 is 4.92 Å². The van der Waals surface area contributed by atoms with Gasteiger partial charge in [0.05, 0.1) is 11.5 Å². The number of carbonyl (C=O) groups is 1. The molecule has 0 atom stereocenters. The van der Waals surface area contributed by atoms with Gasteiger partial charge in [0.25, 0.3) is 11.6 Å². The maximum atomic E-state index is 12.3. The lowest BCUT2D eigenvalue weighted by molar-refractivity contribution is -0.384. The van der Waals surface area contributed by atoms with Crippen LogP contribution in [0, 0.1) is 23.0 Å². The molecule has 2 N–H and O–H groups in total. The fourth-order valence-corrected chi connectivity index (χ4v) is 2.40. The zero-order valence-corrected chi connectivity index (χ0v) is 16.1. The molecule has 0 bridgehead atoms. The Bertz CT molecular complexity index is 851. The molecule has 0 saturated carbocycles. The normalized spacial score (nSPS) is 10.4. The Hall–Kier alpha value is -3.00. The number of rotatable bonds is 6. The molecular weight excluding hydrogens is 366 g/mol. The zero-order valence-electron chi connectivity index (χ0n) is 15.3. The third-order valence-electron chi connectivity index (χ3n) is 3.60. The number of amides is 1. The molecule has 0 aliphatic rings. The molecule has 0 heterocycles. The minimum absolute atomic E-state index is 0.00669. The number of ether oxygens (including phenoxy) is 1. The molecule has 0 saturated heterocycles. The maximum absolute atomic E-state index is 12.3. The van der Waals surface area contributed by atoms with Crippen LogP contribution in [0.3, 0.4) is 0 Å². The minimum Gasteiger partial charge on any atom is -0.493 e. The van der Waals surface area contributed by atoms with Crippen LogP contribution in [-0.2, 0) is 0 Å². The van der Waals surface area contributed by atoms with Gasteiger partial charge in [-0.3, -0.25) is 20.2 Å². The second-order valence-corrected chi connectivity index (χ2v) is 6.80. The van der Waals surface area contributed by atoms with E-state index in [4.69, 9.17) is 17.0 Å². The molecule has 142 valence electrons. The highest BCUT2D eigenvalue weighted by molar-refractivity contribution is 7.80. The van der Waals surface area contributed by atoms with Crippen LogP contribution in [0.4, 0.5) is 11.4 Å². The second kappa shape index (κ2) is 9.09. The zero-order chi connectivity index (χ0) is 20.0. The summed E-state index contributed by atoms with van der Waals surface area (Å²) >= 11 is 5.15. The number of carbonyl (C=O) groups excluding carboxylic acids is 1. The molecular formula is C19H21N3O4S. The molecule has 8 heteroatoms. The summed E-state index contributed by atoms with van der Waals surface area (Å²) < 4.78 is 5.58. The number of nitro benzene ring substituents is 1. The highest BCUT2D eigenvalue weighted by atomic mass is 32.1. The Morgan fingerprint density at radius 2 is 1.89 bits per heavy atom. The third kappa shape index (κ3) is 6.03. The summed E-state index contributed by atoms with van der Waals surface area (Å²) in [5.74, 6) is 0.754. The molecule has 2 aromatic carbocycles. The molecule has 1 amide bonds. The fraction of sp³-hybridized carbons (Fsp3) is 0.263. The third-order valence-corrected chi connectivity index (χ3v) is 3.80. The van der Waals surface area contributed by atoms with E-state index in [-0.39, 0.29) is 16.7 Å².